The van der Waals surface area contributed by atoms with Crippen molar-refractivity contribution in [3.8, 4) is 5.75 Å². The minimum atomic E-state index is -0.338. The lowest BCUT2D eigenvalue weighted by atomic mass is 10.1. The summed E-state index contributed by atoms with van der Waals surface area (Å²) in [5, 5.41) is 3.48. The Kier molecular flexibility index (Phi) is 7.73. The average molecular weight is 278 g/mol. The Morgan fingerprint density at radius 2 is 2.05 bits per heavy atom. The van der Waals surface area contributed by atoms with Crippen LogP contribution in [0.1, 0.15) is 38.7 Å². The van der Waals surface area contributed by atoms with Crippen LogP contribution < -0.4 is 15.8 Å². The SMILES string of the molecule is CCCNC(C)CCc1ccc(OCCC(N)=O)cc1. The van der Waals surface area contributed by atoms with E-state index in [1.165, 1.54) is 12.0 Å². The maximum absolute atomic E-state index is 10.6. The molecule has 0 aromatic heterocycles. The van der Waals surface area contributed by atoms with Gasteiger partial charge in [0.1, 0.15) is 5.75 Å². The first-order valence-corrected chi connectivity index (χ1v) is 7.35. The predicted molar refractivity (Wildman–Crippen MR) is 81.8 cm³/mol. The number of ether oxygens (including phenoxy) is 1. The second kappa shape index (κ2) is 9.37. The molecule has 20 heavy (non-hydrogen) atoms. The van der Waals surface area contributed by atoms with E-state index in [1.54, 1.807) is 0 Å². The topological polar surface area (TPSA) is 64.3 Å². The Hall–Kier alpha value is -1.55. The van der Waals surface area contributed by atoms with Gasteiger partial charge >= 0.3 is 0 Å². The van der Waals surface area contributed by atoms with Gasteiger partial charge in [-0.1, -0.05) is 19.1 Å². The van der Waals surface area contributed by atoms with Gasteiger partial charge in [-0.25, -0.2) is 0 Å². The highest BCUT2D eigenvalue weighted by Gasteiger charge is 2.02. The number of rotatable bonds is 10. The van der Waals surface area contributed by atoms with Crippen molar-refractivity contribution in [2.75, 3.05) is 13.2 Å². The fourth-order valence-electron chi connectivity index (χ4n) is 1.90. The van der Waals surface area contributed by atoms with Gasteiger partial charge < -0.3 is 15.8 Å². The van der Waals surface area contributed by atoms with E-state index in [-0.39, 0.29) is 12.3 Å². The van der Waals surface area contributed by atoms with Gasteiger partial charge in [0.15, 0.2) is 0 Å². The molecule has 1 amide bonds. The smallest absolute Gasteiger partial charge is 0.220 e. The van der Waals surface area contributed by atoms with Crippen LogP contribution in [0.4, 0.5) is 0 Å². The largest absolute Gasteiger partial charge is 0.493 e. The Balaban J connectivity index is 2.29. The minimum Gasteiger partial charge on any atom is -0.493 e. The molecule has 3 N–H and O–H groups in total. The van der Waals surface area contributed by atoms with Crippen LogP contribution in [0.5, 0.6) is 5.75 Å². The Morgan fingerprint density at radius 3 is 2.65 bits per heavy atom. The van der Waals surface area contributed by atoms with Crippen molar-refractivity contribution >= 4 is 5.91 Å². The van der Waals surface area contributed by atoms with Crippen molar-refractivity contribution in [1.29, 1.82) is 0 Å². The van der Waals surface area contributed by atoms with Crippen LogP contribution in [0.3, 0.4) is 0 Å². The maximum atomic E-state index is 10.6. The molecule has 0 aliphatic rings. The quantitative estimate of drug-likeness (QED) is 0.690. The first kappa shape index (κ1) is 16.5. The fourth-order valence-corrected chi connectivity index (χ4v) is 1.90. The van der Waals surface area contributed by atoms with E-state index in [0.717, 1.165) is 25.1 Å². The molecule has 0 radical (unpaired) electrons. The summed E-state index contributed by atoms with van der Waals surface area (Å²) in [4.78, 5) is 10.6. The van der Waals surface area contributed by atoms with E-state index in [2.05, 4.69) is 31.3 Å². The molecule has 0 aliphatic carbocycles. The second-order valence-corrected chi connectivity index (χ2v) is 5.10. The second-order valence-electron chi connectivity index (χ2n) is 5.10. The van der Waals surface area contributed by atoms with Crippen molar-refractivity contribution in [1.82, 2.24) is 5.32 Å². The lowest BCUT2D eigenvalue weighted by Gasteiger charge is -2.13. The number of hydrogen-bond acceptors (Lipinski definition) is 3. The Bertz CT molecular complexity index is 390. The third kappa shape index (κ3) is 7.14. The molecule has 4 nitrogen and oxygen atoms in total. The van der Waals surface area contributed by atoms with E-state index >= 15 is 0 Å². The summed E-state index contributed by atoms with van der Waals surface area (Å²) in [6.07, 6.45) is 3.60. The van der Waals surface area contributed by atoms with Gasteiger partial charge in [-0.2, -0.15) is 0 Å². The minimum absolute atomic E-state index is 0.252. The molecule has 1 aromatic rings. The molecule has 112 valence electrons. The van der Waals surface area contributed by atoms with Gasteiger partial charge in [-0.05, 0) is 50.4 Å². The van der Waals surface area contributed by atoms with Gasteiger partial charge in [0, 0.05) is 6.04 Å². The van der Waals surface area contributed by atoms with Crippen LogP contribution in [0.25, 0.3) is 0 Å². The first-order valence-electron chi connectivity index (χ1n) is 7.35. The van der Waals surface area contributed by atoms with Crippen LogP contribution in [-0.4, -0.2) is 25.1 Å². The van der Waals surface area contributed by atoms with Crippen molar-refractivity contribution in [2.45, 2.75) is 45.6 Å². The molecule has 0 saturated heterocycles. The highest BCUT2D eigenvalue weighted by Crippen LogP contribution is 2.14. The first-order chi connectivity index (χ1) is 9.61. The van der Waals surface area contributed by atoms with E-state index in [0.29, 0.717) is 12.6 Å². The van der Waals surface area contributed by atoms with E-state index < -0.39 is 0 Å². The number of hydrogen-bond donors (Lipinski definition) is 2. The summed E-state index contributed by atoms with van der Waals surface area (Å²) in [7, 11) is 0. The van der Waals surface area contributed by atoms with Crippen molar-refractivity contribution < 1.29 is 9.53 Å². The summed E-state index contributed by atoms with van der Waals surface area (Å²) in [5.41, 5.74) is 6.36. The Morgan fingerprint density at radius 1 is 1.35 bits per heavy atom. The molecule has 1 unspecified atom stereocenters. The van der Waals surface area contributed by atoms with Gasteiger partial charge in [-0.15, -0.1) is 0 Å². The zero-order valence-corrected chi connectivity index (χ0v) is 12.5. The summed E-state index contributed by atoms with van der Waals surface area (Å²) in [6.45, 7) is 5.81. The maximum Gasteiger partial charge on any atom is 0.220 e. The summed E-state index contributed by atoms with van der Waals surface area (Å²) >= 11 is 0. The lowest BCUT2D eigenvalue weighted by Crippen LogP contribution is -2.27. The van der Waals surface area contributed by atoms with E-state index in [4.69, 9.17) is 10.5 Å². The standard InChI is InChI=1S/C16H26N2O2/c1-3-11-18-13(2)4-5-14-6-8-15(9-7-14)20-12-10-16(17)19/h6-9,13,18H,3-5,10-12H2,1-2H3,(H2,17,19). The van der Waals surface area contributed by atoms with Gasteiger partial charge in [0.2, 0.25) is 5.91 Å². The lowest BCUT2D eigenvalue weighted by molar-refractivity contribution is -0.118. The van der Waals surface area contributed by atoms with Crippen LogP contribution in [0.15, 0.2) is 24.3 Å². The normalized spacial score (nSPS) is 12.1. The van der Waals surface area contributed by atoms with Crippen molar-refractivity contribution in [3.63, 3.8) is 0 Å². The van der Waals surface area contributed by atoms with Gasteiger partial charge in [-0.3, -0.25) is 4.79 Å². The molecule has 4 heteroatoms. The molecule has 0 aliphatic heterocycles. The molecule has 0 heterocycles. The summed E-state index contributed by atoms with van der Waals surface area (Å²) in [5.74, 6) is 0.447. The number of aryl methyl sites for hydroxylation is 1. The zero-order chi connectivity index (χ0) is 14.8. The molecular weight excluding hydrogens is 252 g/mol. The highest BCUT2D eigenvalue weighted by molar-refractivity contribution is 5.73. The van der Waals surface area contributed by atoms with Crippen molar-refractivity contribution in [3.05, 3.63) is 29.8 Å². The molecule has 0 spiro atoms. The number of amides is 1. The van der Waals surface area contributed by atoms with Crippen molar-refractivity contribution in [2.24, 2.45) is 5.73 Å². The third-order valence-electron chi connectivity index (χ3n) is 3.15. The number of nitrogens with two attached hydrogens (primary N) is 1. The van der Waals surface area contributed by atoms with E-state index in [9.17, 15) is 4.79 Å². The fraction of sp³-hybridized carbons (Fsp3) is 0.562. The Labute approximate surface area is 121 Å². The van der Waals surface area contributed by atoms with Gasteiger partial charge in [0.05, 0.1) is 13.0 Å². The average Bonchev–Trinajstić information content (AvgIpc) is 2.44. The van der Waals surface area contributed by atoms with Crippen LogP contribution >= 0.6 is 0 Å². The van der Waals surface area contributed by atoms with Crippen LogP contribution in [0, 0.1) is 0 Å². The molecule has 1 aromatic carbocycles. The molecular formula is C16H26N2O2. The molecule has 0 fully saturated rings. The summed E-state index contributed by atoms with van der Waals surface area (Å²) < 4.78 is 5.44. The number of carbonyl (C=O) groups is 1. The highest BCUT2D eigenvalue weighted by atomic mass is 16.5. The zero-order valence-electron chi connectivity index (χ0n) is 12.5. The van der Waals surface area contributed by atoms with Crippen LogP contribution in [-0.2, 0) is 11.2 Å². The predicted octanol–water partition coefficient (Wildman–Crippen LogP) is 2.26. The number of primary amides is 1. The van der Waals surface area contributed by atoms with Crippen LogP contribution in [0.2, 0.25) is 0 Å². The molecule has 1 atom stereocenters. The molecule has 1 rings (SSSR count). The monoisotopic (exact) mass is 278 g/mol. The molecule has 0 bridgehead atoms. The number of carbonyl (C=O) groups excluding carboxylic acids is 1. The number of nitrogens with one attached hydrogen (secondary N) is 1. The third-order valence-corrected chi connectivity index (χ3v) is 3.15. The molecule has 0 saturated carbocycles. The van der Waals surface area contributed by atoms with E-state index in [1.807, 2.05) is 12.1 Å². The summed E-state index contributed by atoms with van der Waals surface area (Å²) in [6, 6.07) is 8.58. The van der Waals surface area contributed by atoms with Gasteiger partial charge in [0.25, 0.3) is 0 Å². The number of benzene rings is 1.